The number of nitrogens with zero attached hydrogens (tertiary/aromatic N) is 4. The van der Waals surface area contributed by atoms with E-state index >= 15 is 0 Å². The zero-order valence-corrected chi connectivity index (χ0v) is 11.9. The Kier molecular flexibility index (Phi) is 4.19. The van der Waals surface area contributed by atoms with Crippen LogP contribution in [0.25, 0.3) is 0 Å². The van der Waals surface area contributed by atoms with Gasteiger partial charge in [0, 0.05) is 37.4 Å². The van der Waals surface area contributed by atoms with Gasteiger partial charge in [0.05, 0.1) is 18.4 Å². The molecule has 18 heavy (non-hydrogen) atoms. The van der Waals surface area contributed by atoms with Crippen LogP contribution in [0, 0.1) is 0 Å². The Morgan fingerprint density at radius 3 is 2.72 bits per heavy atom. The molecular formula is C12H19N5S. The average molecular weight is 265 g/mol. The maximum atomic E-state index is 4.46. The molecule has 0 aliphatic rings. The van der Waals surface area contributed by atoms with Crippen LogP contribution in [0.4, 0.5) is 10.8 Å². The summed E-state index contributed by atoms with van der Waals surface area (Å²) in [7, 11) is 1.91. The maximum absolute atomic E-state index is 4.46. The van der Waals surface area contributed by atoms with E-state index < -0.39 is 0 Å². The highest BCUT2D eigenvalue weighted by Crippen LogP contribution is 2.22. The Morgan fingerprint density at radius 2 is 2.11 bits per heavy atom. The molecule has 0 unspecified atom stereocenters. The summed E-state index contributed by atoms with van der Waals surface area (Å²) in [6.07, 6.45) is 5.74. The van der Waals surface area contributed by atoms with E-state index in [1.165, 1.54) is 4.88 Å². The first-order chi connectivity index (χ1) is 8.72. The molecule has 2 rings (SSSR count). The van der Waals surface area contributed by atoms with Crippen LogP contribution in [-0.4, -0.2) is 27.9 Å². The largest absolute Gasteiger partial charge is 0.378 e. The number of anilines is 2. The molecule has 2 heterocycles. The summed E-state index contributed by atoms with van der Waals surface area (Å²) in [5.41, 5.74) is 1.04. The first kappa shape index (κ1) is 12.9. The predicted molar refractivity (Wildman–Crippen MR) is 76.2 cm³/mol. The number of nitrogens with one attached hydrogen (secondary N) is 1. The van der Waals surface area contributed by atoms with E-state index in [2.05, 4.69) is 34.1 Å². The molecule has 6 heteroatoms. The molecule has 0 saturated heterocycles. The lowest BCUT2D eigenvalue weighted by Gasteiger charge is -2.16. The third-order valence-electron chi connectivity index (χ3n) is 2.75. The highest BCUT2D eigenvalue weighted by molar-refractivity contribution is 7.15. The van der Waals surface area contributed by atoms with Crippen molar-refractivity contribution in [1.29, 1.82) is 0 Å². The van der Waals surface area contributed by atoms with Gasteiger partial charge in [-0.25, -0.2) is 4.98 Å². The first-order valence-corrected chi connectivity index (χ1v) is 6.96. The van der Waals surface area contributed by atoms with Crippen LogP contribution in [-0.2, 0) is 13.6 Å². The minimum absolute atomic E-state index is 0.796. The zero-order valence-electron chi connectivity index (χ0n) is 11.1. The minimum atomic E-state index is 0.796. The van der Waals surface area contributed by atoms with Crippen LogP contribution in [0.3, 0.4) is 0 Å². The van der Waals surface area contributed by atoms with E-state index in [0.29, 0.717) is 0 Å². The predicted octanol–water partition coefficient (Wildman–Crippen LogP) is 2.33. The normalized spacial score (nSPS) is 10.6. The second-order valence-electron chi connectivity index (χ2n) is 4.04. The second-order valence-corrected chi connectivity index (χ2v) is 5.13. The minimum Gasteiger partial charge on any atom is -0.378 e. The summed E-state index contributed by atoms with van der Waals surface area (Å²) in [6.45, 7) is 7.10. The SMILES string of the molecule is CCN(CC)c1ncc(CNc2cnn(C)c2)s1. The molecule has 0 atom stereocenters. The monoisotopic (exact) mass is 265 g/mol. The number of thiazole rings is 1. The van der Waals surface area contributed by atoms with Crippen molar-refractivity contribution in [3.63, 3.8) is 0 Å². The van der Waals surface area contributed by atoms with Gasteiger partial charge in [-0.3, -0.25) is 4.68 Å². The van der Waals surface area contributed by atoms with Gasteiger partial charge in [0.15, 0.2) is 5.13 Å². The first-order valence-electron chi connectivity index (χ1n) is 6.15. The Hall–Kier alpha value is -1.56. The van der Waals surface area contributed by atoms with Gasteiger partial charge in [-0.1, -0.05) is 0 Å². The molecule has 0 aliphatic heterocycles. The van der Waals surface area contributed by atoms with E-state index in [4.69, 9.17) is 0 Å². The van der Waals surface area contributed by atoms with Crippen molar-refractivity contribution in [2.45, 2.75) is 20.4 Å². The maximum Gasteiger partial charge on any atom is 0.185 e. The van der Waals surface area contributed by atoms with Gasteiger partial charge in [-0.2, -0.15) is 5.10 Å². The van der Waals surface area contributed by atoms with Gasteiger partial charge in [-0.15, -0.1) is 11.3 Å². The number of aromatic nitrogens is 3. The van der Waals surface area contributed by atoms with Crippen molar-refractivity contribution in [3.05, 3.63) is 23.5 Å². The van der Waals surface area contributed by atoms with E-state index in [-0.39, 0.29) is 0 Å². The van der Waals surface area contributed by atoms with E-state index in [1.807, 2.05) is 25.6 Å². The quantitative estimate of drug-likeness (QED) is 0.871. The third kappa shape index (κ3) is 3.01. The number of hydrogen-bond acceptors (Lipinski definition) is 5. The van der Waals surface area contributed by atoms with Crippen molar-refractivity contribution in [2.75, 3.05) is 23.3 Å². The topological polar surface area (TPSA) is 46.0 Å². The molecule has 0 fully saturated rings. The average Bonchev–Trinajstić information content (AvgIpc) is 2.98. The third-order valence-corrected chi connectivity index (χ3v) is 3.81. The fourth-order valence-electron chi connectivity index (χ4n) is 1.72. The molecule has 1 N–H and O–H groups in total. The summed E-state index contributed by atoms with van der Waals surface area (Å²) < 4.78 is 1.79. The second kappa shape index (κ2) is 5.86. The van der Waals surface area contributed by atoms with Crippen molar-refractivity contribution >= 4 is 22.2 Å². The van der Waals surface area contributed by atoms with Gasteiger partial charge in [-0.05, 0) is 13.8 Å². The molecule has 2 aromatic rings. The number of aryl methyl sites for hydroxylation is 1. The summed E-state index contributed by atoms with van der Waals surface area (Å²) >= 11 is 1.74. The van der Waals surface area contributed by atoms with Gasteiger partial charge >= 0.3 is 0 Å². The number of rotatable bonds is 6. The molecule has 0 radical (unpaired) electrons. The van der Waals surface area contributed by atoms with Crippen LogP contribution in [0.2, 0.25) is 0 Å². The lowest BCUT2D eigenvalue weighted by molar-refractivity contribution is 0.768. The molecule has 5 nitrogen and oxygen atoms in total. The molecule has 0 saturated carbocycles. The van der Waals surface area contributed by atoms with Gasteiger partial charge < -0.3 is 10.2 Å². The smallest absolute Gasteiger partial charge is 0.185 e. The Balaban J connectivity index is 1.94. The van der Waals surface area contributed by atoms with Gasteiger partial charge in [0.2, 0.25) is 0 Å². The summed E-state index contributed by atoms with van der Waals surface area (Å²) in [4.78, 5) is 7.96. The van der Waals surface area contributed by atoms with E-state index in [9.17, 15) is 0 Å². The fourth-order valence-corrected chi connectivity index (χ4v) is 2.70. The molecule has 2 aromatic heterocycles. The van der Waals surface area contributed by atoms with Crippen LogP contribution >= 0.6 is 11.3 Å². The van der Waals surface area contributed by atoms with Crippen molar-refractivity contribution in [2.24, 2.45) is 7.05 Å². The van der Waals surface area contributed by atoms with Gasteiger partial charge in [0.1, 0.15) is 0 Å². The van der Waals surface area contributed by atoms with Gasteiger partial charge in [0.25, 0.3) is 0 Å². The molecule has 0 bridgehead atoms. The fraction of sp³-hybridized carbons (Fsp3) is 0.500. The Bertz CT molecular complexity index is 486. The zero-order chi connectivity index (χ0) is 13.0. The molecule has 0 aromatic carbocycles. The van der Waals surface area contributed by atoms with Crippen LogP contribution in [0.15, 0.2) is 18.6 Å². The van der Waals surface area contributed by atoms with Crippen LogP contribution < -0.4 is 10.2 Å². The standard InChI is InChI=1S/C12H19N5S/c1-4-17(5-2)12-14-8-11(18-12)7-13-10-6-15-16(3)9-10/h6,8-9,13H,4-5,7H2,1-3H3. The molecule has 0 amide bonds. The Morgan fingerprint density at radius 1 is 1.33 bits per heavy atom. The van der Waals surface area contributed by atoms with Crippen LogP contribution in [0.1, 0.15) is 18.7 Å². The highest BCUT2D eigenvalue weighted by Gasteiger charge is 2.07. The molecule has 98 valence electrons. The lowest BCUT2D eigenvalue weighted by Crippen LogP contribution is -2.21. The van der Waals surface area contributed by atoms with Crippen LogP contribution in [0.5, 0.6) is 0 Å². The summed E-state index contributed by atoms with van der Waals surface area (Å²) in [5.74, 6) is 0. The van der Waals surface area contributed by atoms with Crippen molar-refractivity contribution in [3.8, 4) is 0 Å². The van der Waals surface area contributed by atoms with E-state index in [1.54, 1.807) is 16.0 Å². The summed E-state index contributed by atoms with van der Waals surface area (Å²) in [6, 6.07) is 0. The molecule has 0 aliphatic carbocycles. The molecular weight excluding hydrogens is 246 g/mol. The highest BCUT2D eigenvalue weighted by atomic mass is 32.1. The molecule has 0 spiro atoms. The number of hydrogen-bond donors (Lipinski definition) is 1. The Labute approximate surface area is 111 Å². The van der Waals surface area contributed by atoms with E-state index in [0.717, 1.165) is 30.5 Å². The summed E-state index contributed by atoms with van der Waals surface area (Å²) in [5, 5.41) is 8.56. The lowest BCUT2D eigenvalue weighted by atomic mass is 10.5. The van der Waals surface area contributed by atoms with Crippen molar-refractivity contribution in [1.82, 2.24) is 14.8 Å². The van der Waals surface area contributed by atoms with Crippen molar-refractivity contribution < 1.29 is 0 Å².